The average Bonchev–Trinajstić information content (AvgIpc) is 3.68. The lowest BCUT2D eigenvalue weighted by Crippen LogP contribution is -2.00. The Morgan fingerprint density at radius 2 is 0.712 bits per heavy atom. The van der Waals surface area contributed by atoms with Crippen LogP contribution in [0.3, 0.4) is 0 Å². The fourth-order valence-corrected chi connectivity index (χ4v) is 10.6. The molecule has 0 bridgehead atoms. The van der Waals surface area contributed by atoms with Crippen molar-refractivity contribution in [1.82, 2.24) is 15.0 Å². The van der Waals surface area contributed by atoms with Crippen molar-refractivity contribution in [2.45, 2.75) is 0 Å². The van der Waals surface area contributed by atoms with Gasteiger partial charge >= 0.3 is 0 Å². The maximum atomic E-state index is 5.14. The Morgan fingerprint density at radius 3 is 1.37 bits per heavy atom. The van der Waals surface area contributed by atoms with E-state index >= 15 is 0 Å². The molecule has 4 heteroatoms. The molecule has 0 saturated heterocycles. The van der Waals surface area contributed by atoms with Gasteiger partial charge in [0.2, 0.25) is 0 Å². The van der Waals surface area contributed by atoms with Crippen molar-refractivity contribution in [2.75, 3.05) is 0 Å². The third-order valence-corrected chi connectivity index (χ3v) is 13.4. The number of benzene rings is 10. The van der Waals surface area contributed by atoms with Gasteiger partial charge in [0, 0.05) is 36.9 Å². The van der Waals surface area contributed by atoms with Crippen LogP contribution in [0.5, 0.6) is 0 Å². The maximum absolute atomic E-state index is 5.14. The van der Waals surface area contributed by atoms with E-state index in [-0.39, 0.29) is 0 Å². The van der Waals surface area contributed by atoms with Crippen molar-refractivity contribution in [1.29, 1.82) is 0 Å². The van der Waals surface area contributed by atoms with Crippen molar-refractivity contribution >= 4 is 96.1 Å². The van der Waals surface area contributed by atoms with Gasteiger partial charge in [-0.1, -0.05) is 152 Å². The molecule has 0 atom stereocenters. The number of hydrogen-bond acceptors (Lipinski definition) is 4. The van der Waals surface area contributed by atoms with Gasteiger partial charge in [0.25, 0.3) is 0 Å². The summed E-state index contributed by atoms with van der Waals surface area (Å²) in [5.41, 5.74) is 5.18. The Bertz CT molecular complexity index is 3820. The number of nitrogens with zero attached hydrogens (tertiary/aromatic N) is 3. The predicted octanol–water partition coefficient (Wildman–Crippen LogP) is 15.3. The monoisotopic (exact) mass is 765 g/mol. The first kappa shape index (κ1) is 32.5. The third kappa shape index (κ3) is 4.97. The van der Waals surface area contributed by atoms with E-state index in [4.69, 9.17) is 15.0 Å². The largest absolute Gasteiger partial charge is 0.208 e. The minimum atomic E-state index is 0.648. The van der Waals surface area contributed by atoms with E-state index in [0.717, 1.165) is 22.3 Å². The molecule has 2 aromatic heterocycles. The first-order valence-electron chi connectivity index (χ1n) is 20.0. The van der Waals surface area contributed by atoms with Crippen molar-refractivity contribution in [3.05, 3.63) is 188 Å². The molecule has 3 nitrogen and oxygen atoms in total. The summed E-state index contributed by atoms with van der Waals surface area (Å²) in [5, 5.41) is 17.8. The second kappa shape index (κ2) is 12.5. The Kier molecular flexibility index (Phi) is 6.89. The summed E-state index contributed by atoms with van der Waals surface area (Å²) < 4.78 is 2.53. The molecule has 0 saturated carbocycles. The highest BCUT2D eigenvalue weighted by atomic mass is 32.1. The Balaban J connectivity index is 1.00. The summed E-state index contributed by atoms with van der Waals surface area (Å²) in [6.07, 6.45) is 0. The van der Waals surface area contributed by atoms with Crippen LogP contribution in [-0.4, -0.2) is 15.0 Å². The Hall–Kier alpha value is -7.53. The summed E-state index contributed by atoms with van der Waals surface area (Å²) in [6.45, 7) is 0. The summed E-state index contributed by atoms with van der Waals surface area (Å²) in [6, 6.07) is 68.3. The van der Waals surface area contributed by atoms with E-state index in [0.29, 0.717) is 17.5 Å². The lowest BCUT2D eigenvalue weighted by atomic mass is 9.86. The van der Waals surface area contributed by atoms with Crippen LogP contribution in [0.15, 0.2) is 188 Å². The van der Waals surface area contributed by atoms with Crippen LogP contribution in [0.25, 0.3) is 130 Å². The molecule has 0 unspecified atom stereocenters. The lowest BCUT2D eigenvalue weighted by molar-refractivity contribution is 1.07. The second-order valence-corrected chi connectivity index (χ2v) is 16.6. The Morgan fingerprint density at radius 1 is 0.254 bits per heavy atom. The molecule has 0 fully saturated rings. The maximum Gasteiger partial charge on any atom is 0.164 e. The van der Waals surface area contributed by atoms with Gasteiger partial charge in [-0.3, -0.25) is 0 Å². The van der Waals surface area contributed by atoms with Crippen LogP contribution in [-0.2, 0) is 0 Å². The van der Waals surface area contributed by atoms with E-state index in [9.17, 15) is 0 Å². The van der Waals surface area contributed by atoms with Crippen molar-refractivity contribution in [2.24, 2.45) is 0 Å². The van der Waals surface area contributed by atoms with E-state index in [1.54, 1.807) is 0 Å². The molecule has 59 heavy (non-hydrogen) atoms. The van der Waals surface area contributed by atoms with Gasteiger partial charge in [-0.05, 0) is 112 Å². The van der Waals surface area contributed by atoms with Crippen molar-refractivity contribution in [3.63, 3.8) is 0 Å². The van der Waals surface area contributed by atoms with E-state index in [1.165, 1.54) is 90.4 Å². The highest BCUT2D eigenvalue weighted by molar-refractivity contribution is 7.25. The molecular formula is C55H31N3S. The van der Waals surface area contributed by atoms with Crippen LogP contribution < -0.4 is 0 Å². The van der Waals surface area contributed by atoms with Gasteiger partial charge < -0.3 is 0 Å². The zero-order valence-electron chi connectivity index (χ0n) is 31.6. The van der Waals surface area contributed by atoms with Gasteiger partial charge in [-0.2, -0.15) is 0 Å². The molecule has 0 spiro atoms. The highest BCUT2D eigenvalue weighted by Crippen LogP contribution is 2.45. The zero-order chi connectivity index (χ0) is 38.6. The van der Waals surface area contributed by atoms with Gasteiger partial charge in [0.15, 0.2) is 17.5 Å². The van der Waals surface area contributed by atoms with Crippen molar-refractivity contribution < 1.29 is 0 Å². The highest BCUT2D eigenvalue weighted by Gasteiger charge is 2.18. The minimum Gasteiger partial charge on any atom is -0.208 e. The van der Waals surface area contributed by atoms with Gasteiger partial charge in [-0.25, -0.2) is 15.0 Å². The number of thiophene rings is 1. The number of fused-ring (bicyclic) bond motifs is 5. The molecule has 11 aromatic carbocycles. The molecule has 2 heterocycles. The van der Waals surface area contributed by atoms with Crippen LogP contribution in [0.1, 0.15) is 0 Å². The fraction of sp³-hybridized carbons (Fsp3) is 0. The topological polar surface area (TPSA) is 38.7 Å². The smallest absolute Gasteiger partial charge is 0.164 e. The molecule has 0 amide bonds. The normalized spacial score (nSPS) is 12.1. The summed E-state index contributed by atoms with van der Waals surface area (Å²) in [7, 11) is 0. The summed E-state index contributed by atoms with van der Waals surface area (Å²) in [4.78, 5) is 15.3. The minimum absolute atomic E-state index is 0.648. The molecule has 0 aliphatic carbocycles. The van der Waals surface area contributed by atoms with Crippen LogP contribution in [0, 0.1) is 0 Å². The SMILES string of the molecule is c1ccc(-c2nc(-c3ccc(-c4cc5ccc6cccc7c8cccc9ccc%10cccc(c(c4)c5c67)c%10c98)cc3)nc(-c3ccc4sc5ccccc5c4c3)n2)cc1. The number of rotatable bonds is 4. The van der Waals surface area contributed by atoms with E-state index in [1.807, 2.05) is 29.5 Å². The van der Waals surface area contributed by atoms with E-state index in [2.05, 4.69) is 170 Å². The predicted molar refractivity (Wildman–Crippen MR) is 251 cm³/mol. The quantitative estimate of drug-likeness (QED) is 0.168. The summed E-state index contributed by atoms with van der Waals surface area (Å²) >= 11 is 1.81. The number of hydrogen-bond donors (Lipinski definition) is 0. The number of aromatic nitrogens is 3. The molecule has 272 valence electrons. The van der Waals surface area contributed by atoms with Gasteiger partial charge in [0.1, 0.15) is 0 Å². The van der Waals surface area contributed by atoms with Crippen LogP contribution >= 0.6 is 11.3 Å². The second-order valence-electron chi connectivity index (χ2n) is 15.5. The van der Waals surface area contributed by atoms with Gasteiger partial charge in [0.05, 0.1) is 0 Å². The first-order valence-corrected chi connectivity index (χ1v) is 20.8. The molecule has 13 rings (SSSR count). The molecule has 0 aliphatic rings. The molecule has 0 N–H and O–H groups in total. The van der Waals surface area contributed by atoms with Crippen LogP contribution in [0.2, 0.25) is 0 Å². The third-order valence-electron chi connectivity index (χ3n) is 12.2. The lowest BCUT2D eigenvalue weighted by Gasteiger charge is -2.17. The summed E-state index contributed by atoms with van der Waals surface area (Å²) in [5.74, 6) is 1.96. The molecule has 0 radical (unpaired) electrons. The van der Waals surface area contributed by atoms with E-state index < -0.39 is 0 Å². The molecular weight excluding hydrogens is 735 g/mol. The first-order chi connectivity index (χ1) is 29.2. The average molecular weight is 766 g/mol. The Labute approximate surface area is 342 Å². The standard InChI is InChI=1S/C55H31N3S/c1-2-9-36(10-3-1)53-56-54(58-55(57-53)39-27-28-48-45(30-39)41-14-4-5-18-47(41)59-48)37-24-19-32(20-25-37)40-29-38-26-23-35-12-7-16-43-42-15-6-11-33-21-22-34-13-8-17-44(51(34)49(33)42)46(31-40)52(38)50(35)43/h1-31H. The molecule has 13 aromatic rings. The fourth-order valence-electron chi connectivity index (χ4n) is 9.48. The molecule has 0 aliphatic heterocycles. The van der Waals surface area contributed by atoms with Gasteiger partial charge in [-0.15, -0.1) is 11.3 Å². The van der Waals surface area contributed by atoms with Crippen molar-refractivity contribution in [3.8, 4) is 45.3 Å². The zero-order valence-corrected chi connectivity index (χ0v) is 32.5. The van der Waals surface area contributed by atoms with Crippen LogP contribution in [0.4, 0.5) is 0 Å².